The van der Waals surface area contributed by atoms with E-state index < -0.39 is 0 Å². The van der Waals surface area contributed by atoms with Gasteiger partial charge in [0.15, 0.2) is 0 Å². The van der Waals surface area contributed by atoms with Crippen molar-refractivity contribution >= 4 is 27.3 Å². The van der Waals surface area contributed by atoms with E-state index in [-0.39, 0.29) is 0 Å². The number of ether oxygens (including phenoxy) is 1. The van der Waals surface area contributed by atoms with Gasteiger partial charge in [-0.3, -0.25) is 0 Å². The topological polar surface area (TPSA) is 21.3 Å². The minimum absolute atomic E-state index is 0.610. The molecule has 1 heterocycles. The average molecular weight is 368 g/mol. The zero-order valence-electron chi connectivity index (χ0n) is 12.8. The average Bonchev–Trinajstić information content (AvgIpc) is 2.83. The second kappa shape index (κ2) is 7.97. The first-order chi connectivity index (χ1) is 10.1. The first-order valence-corrected chi connectivity index (χ1v) is 8.88. The summed E-state index contributed by atoms with van der Waals surface area (Å²) in [5.41, 5.74) is 2.49. The van der Waals surface area contributed by atoms with Gasteiger partial charge in [0.05, 0.1) is 4.88 Å². The van der Waals surface area contributed by atoms with E-state index in [2.05, 4.69) is 71.7 Å². The van der Waals surface area contributed by atoms with Crippen molar-refractivity contribution in [2.45, 2.75) is 33.9 Å². The van der Waals surface area contributed by atoms with Crippen LogP contribution in [0.2, 0.25) is 0 Å². The van der Waals surface area contributed by atoms with Gasteiger partial charge in [0.2, 0.25) is 0 Å². The van der Waals surface area contributed by atoms with Crippen molar-refractivity contribution in [2.75, 3.05) is 6.54 Å². The van der Waals surface area contributed by atoms with Crippen molar-refractivity contribution in [1.29, 1.82) is 0 Å². The Morgan fingerprint density at radius 2 is 2.10 bits per heavy atom. The van der Waals surface area contributed by atoms with Crippen molar-refractivity contribution in [3.05, 3.63) is 50.1 Å². The summed E-state index contributed by atoms with van der Waals surface area (Å²) in [7, 11) is 0. The zero-order chi connectivity index (χ0) is 15.2. The van der Waals surface area contributed by atoms with E-state index in [9.17, 15) is 0 Å². The SMILES string of the molecule is Cc1ccc(OCc2sccc2Br)c(CNCC(C)C)c1. The second-order valence-corrected chi connectivity index (χ2v) is 7.47. The standard InChI is InChI=1S/C17H22BrNOS/c1-12(2)9-19-10-14-8-13(3)4-5-16(14)20-11-17-15(18)6-7-21-17/h4-8,12,19H,9-11H2,1-3H3. The minimum atomic E-state index is 0.610. The lowest BCUT2D eigenvalue weighted by molar-refractivity contribution is 0.304. The molecule has 0 saturated carbocycles. The fraction of sp³-hybridized carbons (Fsp3) is 0.412. The highest BCUT2D eigenvalue weighted by atomic mass is 79.9. The summed E-state index contributed by atoms with van der Waals surface area (Å²) in [6, 6.07) is 8.43. The Hall–Kier alpha value is -0.840. The van der Waals surface area contributed by atoms with Crippen LogP contribution in [-0.4, -0.2) is 6.54 Å². The lowest BCUT2D eigenvalue weighted by Crippen LogP contribution is -2.19. The van der Waals surface area contributed by atoms with Crippen molar-refractivity contribution in [2.24, 2.45) is 5.92 Å². The molecule has 0 bridgehead atoms. The van der Waals surface area contributed by atoms with Gasteiger partial charge in [0.1, 0.15) is 12.4 Å². The van der Waals surface area contributed by atoms with Gasteiger partial charge in [-0.05, 0) is 52.8 Å². The summed E-state index contributed by atoms with van der Waals surface area (Å²) in [5.74, 6) is 1.62. The number of hydrogen-bond donors (Lipinski definition) is 1. The third kappa shape index (κ3) is 5.13. The number of hydrogen-bond acceptors (Lipinski definition) is 3. The first-order valence-electron chi connectivity index (χ1n) is 7.21. The van der Waals surface area contributed by atoms with E-state index in [0.29, 0.717) is 12.5 Å². The van der Waals surface area contributed by atoms with E-state index in [0.717, 1.165) is 23.3 Å². The largest absolute Gasteiger partial charge is 0.488 e. The number of rotatable bonds is 7. The molecule has 1 aromatic carbocycles. The van der Waals surface area contributed by atoms with Crippen LogP contribution in [0.5, 0.6) is 5.75 Å². The Morgan fingerprint density at radius 1 is 1.29 bits per heavy atom. The molecule has 0 aliphatic heterocycles. The molecule has 1 aromatic heterocycles. The van der Waals surface area contributed by atoms with E-state index in [1.807, 2.05) is 0 Å². The first kappa shape index (κ1) is 16.5. The predicted octanol–water partition coefficient (Wildman–Crippen LogP) is 5.14. The maximum absolute atomic E-state index is 6.02. The Balaban J connectivity index is 2.02. The molecule has 114 valence electrons. The summed E-state index contributed by atoms with van der Waals surface area (Å²) in [5, 5.41) is 5.56. The van der Waals surface area contributed by atoms with Crippen molar-refractivity contribution in [3.63, 3.8) is 0 Å². The number of benzene rings is 1. The number of halogens is 1. The molecule has 0 unspecified atom stereocenters. The Labute approximate surface area is 139 Å². The molecule has 0 atom stereocenters. The van der Waals surface area contributed by atoms with Crippen LogP contribution < -0.4 is 10.1 Å². The normalized spacial score (nSPS) is 11.1. The monoisotopic (exact) mass is 367 g/mol. The third-order valence-corrected chi connectivity index (χ3v) is 5.03. The molecule has 0 amide bonds. The molecule has 0 radical (unpaired) electrons. The quantitative estimate of drug-likeness (QED) is 0.730. The van der Waals surface area contributed by atoms with Gasteiger partial charge < -0.3 is 10.1 Å². The second-order valence-electron chi connectivity index (χ2n) is 5.62. The lowest BCUT2D eigenvalue weighted by atomic mass is 10.1. The van der Waals surface area contributed by atoms with Crippen molar-refractivity contribution < 1.29 is 4.74 Å². The van der Waals surface area contributed by atoms with Crippen LogP contribution in [0.15, 0.2) is 34.1 Å². The van der Waals surface area contributed by atoms with Crippen LogP contribution in [-0.2, 0) is 13.2 Å². The highest BCUT2D eigenvalue weighted by Gasteiger charge is 2.07. The van der Waals surface area contributed by atoms with E-state index in [4.69, 9.17) is 4.74 Å². The Morgan fingerprint density at radius 3 is 2.76 bits per heavy atom. The van der Waals surface area contributed by atoms with Crippen molar-refractivity contribution in [1.82, 2.24) is 5.32 Å². The maximum Gasteiger partial charge on any atom is 0.124 e. The van der Waals surface area contributed by atoms with Crippen LogP contribution >= 0.6 is 27.3 Å². The fourth-order valence-electron chi connectivity index (χ4n) is 2.05. The molecule has 2 aromatic rings. The molecule has 0 saturated heterocycles. The Kier molecular flexibility index (Phi) is 6.27. The molecular weight excluding hydrogens is 346 g/mol. The van der Waals surface area contributed by atoms with Crippen molar-refractivity contribution in [3.8, 4) is 5.75 Å². The van der Waals surface area contributed by atoms with Crippen LogP contribution in [0.25, 0.3) is 0 Å². The van der Waals surface area contributed by atoms with Crippen LogP contribution in [0.4, 0.5) is 0 Å². The maximum atomic E-state index is 6.02. The summed E-state index contributed by atoms with van der Waals surface area (Å²) >= 11 is 5.26. The molecular formula is C17H22BrNOS. The fourth-order valence-corrected chi connectivity index (χ4v) is 3.43. The predicted molar refractivity (Wildman–Crippen MR) is 94.1 cm³/mol. The molecule has 1 N–H and O–H groups in total. The zero-order valence-corrected chi connectivity index (χ0v) is 15.2. The highest BCUT2D eigenvalue weighted by Crippen LogP contribution is 2.26. The molecule has 0 spiro atoms. The van der Waals surface area contributed by atoms with Crippen LogP contribution in [0, 0.1) is 12.8 Å². The molecule has 2 rings (SSSR count). The van der Waals surface area contributed by atoms with Gasteiger partial charge in [-0.25, -0.2) is 0 Å². The summed E-state index contributed by atoms with van der Waals surface area (Å²) < 4.78 is 7.14. The number of aryl methyl sites for hydroxylation is 1. The van der Waals surface area contributed by atoms with Gasteiger partial charge in [-0.15, -0.1) is 11.3 Å². The van der Waals surface area contributed by atoms with E-state index in [1.54, 1.807) is 11.3 Å². The van der Waals surface area contributed by atoms with Gasteiger partial charge in [0.25, 0.3) is 0 Å². The third-order valence-electron chi connectivity index (χ3n) is 3.13. The minimum Gasteiger partial charge on any atom is -0.488 e. The summed E-state index contributed by atoms with van der Waals surface area (Å²) in [4.78, 5) is 1.22. The van der Waals surface area contributed by atoms with Gasteiger partial charge >= 0.3 is 0 Å². The van der Waals surface area contributed by atoms with Gasteiger partial charge in [-0.2, -0.15) is 0 Å². The molecule has 2 nitrogen and oxygen atoms in total. The molecule has 21 heavy (non-hydrogen) atoms. The summed E-state index contributed by atoms with van der Waals surface area (Å²) in [6.45, 7) is 9.03. The Bertz CT molecular complexity index is 580. The molecule has 0 aliphatic rings. The number of nitrogens with one attached hydrogen (secondary N) is 1. The van der Waals surface area contributed by atoms with Gasteiger partial charge in [-0.1, -0.05) is 31.5 Å². The van der Waals surface area contributed by atoms with Crippen LogP contribution in [0.1, 0.15) is 29.9 Å². The van der Waals surface area contributed by atoms with E-state index >= 15 is 0 Å². The lowest BCUT2D eigenvalue weighted by Gasteiger charge is -2.14. The molecule has 4 heteroatoms. The molecule has 0 fully saturated rings. The van der Waals surface area contributed by atoms with Crippen LogP contribution in [0.3, 0.4) is 0 Å². The highest BCUT2D eigenvalue weighted by molar-refractivity contribution is 9.10. The molecule has 0 aliphatic carbocycles. The van der Waals surface area contributed by atoms with Gasteiger partial charge in [0, 0.05) is 16.6 Å². The van der Waals surface area contributed by atoms with E-state index in [1.165, 1.54) is 16.0 Å². The number of thiophene rings is 1. The summed E-state index contributed by atoms with van der Waals surface area (Å²) in [6.07, 6.45) is 0. The smallest absolute Gasteiger partial charge is 0.124 e.